The van der Waals surface area contributed by atoms with Crippen LogP contribution in [0.3, 0.4) is 0 Å². The van der Waals surface area contributed by atoms with Crippen LogP contribution < -0.4 is 15.4 Å². The Kier molecular flexibility index (Phi) is 5.65. The Morgan fingerprint density at radius 2 is 1.94 bits per heavy atom. The van der Waals surface area contributed by atoms with Crippen molar-refractivity contribution in [2.24, 2.45) is 0 Å². The number of benzene rings is 1. The van der Waals surface area contributed by atoms with Gasteiger partial charge in [-0.2, -0.15) is 0 Å². The van der Waals surface area contributed by atoms with Crippen LogP contribution in [-0.4, -0.2) is 25.1 Å². The van der Waals surface area contributed by atoms with E-state index in [1.807, 2.05) is 45.0 Å². The number of methoxy groups -OCH3 is 1. The van der Waals surface area contributed by atoms with E-state index in [4.69, 9.17) is 4.74 Å². The number of para-hydroxylation sites is 1. The molecule has 1 unspecified atom stereocenters. The topological polar surface area (TPSA) is 50.4 Å². The molecule has 0 saturated heterocycles. The number of carbonyl (C=O) groups is 1. The van der Waals surface area contributed by atoms with Gasteiger partial charge in [-0.15, -0.1) is 0 Å². The third kappa shape index (κ3) is 4.37. The lowest BCUT2D eigenvalue weighted by Crippen LogP contribution is -2.44. The lowest BCUT2D eigenvalue weighted by molar-refractivity contribution is -0.123. The SMILES string of the molecule is COc1ccccc1CNC(C)C(=O)NC(C)C. The molecule has 0 aromatic heterocycles. The van der Waals surface area contributed by atoms with Gasteiger partial charge in [-0.3, -0.25) is 4.79 Å². The average Bonchev–Trinajstić information content (AvgIpc) is 2.35. The smallest absolute Gasteiger partial charge is 0.237 e. The van der Waals surface area contributed by atoms with Crippen LogP contribution in [0.5, 0.6) is 5.75 Å². The van der Waals surface area contributed by atoms with Gasteiger partial charge < -0.3 is 15.4 Å². The molecule has 4 nitrogen and oxygen atoms in total. The van der Waals surface area contributed by atoms with Gasteiger partial charge in [0, 0.05) is 18.2 Å². The van der Waals surface area contributed by atoms with Crippen LogP contribution >= 0.6 is 0 Å². The number of rotatable bonds is 6. The minimum absolute atomic E-state index is 0.0138. The van der Waals surface area contributed by atoms with Gasteiger partial charge >= 0.3 is 0 Å². The largest absolute Gasteiger partial charge is 0.496 e. The molecule has 1 aromatic rings. The van der Waals surface area contributed by atoms with Crippen molar-refractivity contribution < 1.29 is 9.53 Å². The Bertz CT molecular complexity index is 391. The molecule has 0 aliphatic carbocycles. The highest BCUT2D eigenvalue weighted by molar-refractivity contribution is 5.81. The van der Waals surface area contributed by atoms with Gasteiger partial charge in [-0.05, 0) is 26.8 Å². The maximum atomic E-state index is 11.7. The molecular weight excluding hydrogens is 228 g/mol. The Morgan fingerprint density at radius 3 is 2.56 bits per heavy atom. The third-order valence-corrected chi connectivity index (χ3v) is 2.62. The van der Waals surface area contributed by atoms with E-state index in [-0.39, 0.29) is 18.0 Å². The van der Waals surface area contributed by atoms with Crippen LogP contribution in [0.1, 0.15) is 26.3 Å². The van der Waals surface area contributed by atoms with Crippen molar-refractivity contribution in [2.75, 3.05) is 7.11 Å². The summed E-state index contributed by atoms with van der Waals surface area (Å²) in [6.45, 7) is 6.36. The van der Waals surface area contributed by atoms with E-state index in [9.17, 15) is 4.79 Å². The van der Waals surface area contributed by atoms with E-state index in [1.54, 1.807) is 7.11 Å². The minimum atomic E-state index is -0.225. The van der Waals surface area contributed by atoms with Crippen molar-refractivity contribution >= 4 is 5.91 Å². The normalized spacial score (nSPS) is 12.3. The van der Waals surface area contributed by atoms with Gasteiger partial charge in [0.05, 0.1) is 13.2 Å². The van der Waals surface area contributed by atoms with Crippen LogP contribution in [-0.2, 0) is 11.3 Å². The molecule has 1 atom stereocenters. The number of ether oxygens (including phenoxy) is 1. The maximum absolute atomic E-state index is 11.7. The van der Waals surface area contributed by atoms with Crippen LogP contribution in [0, 0.1) is 0 Å². The standard InChI is InChI=1S/C14H22N2O2/c1-10(2)16-14(17)11(3)15-9-12-7-5-6-8-13(12)18-4/h5-8,10-11,15H,9H2,1-4H3,(H,16,17). The second kappa shape index (κ2) is 7.01. The molecule has 0 radical (unpaired) electrons. The van der Waals surface area contributed by atoms with Crippen molar-refractivity contribution in [3.63, 3.8) is 0 Å². The summed E-state index contributed by atoms with van der Waals surface area (Å²) >= 11 is 0. The highest BCUT2D eigenvalue weighted by Gasteiger charge is 2.13. The Labute approximate surface area is 109 Å². The summed E-state index contributed by atoms with van der Waals surface area (Å²) in [5.74, 6) is 0.848. The van der Waals surface area contributed by atoms with E-state index < -0.39 is 0 Å². The van der Waals surface area contributed by atoms with Crippen LogP contribution in [0.15, 0.2) is 24.3 Å². The summed E-state index contributed by atoms with van der Waals surface area (Å²) in [6, 6.07) is 7.72. The summed E-state index contributed by atoms with van der Waals surface area (Å²) in [5.41, 5.74) is 1.05. The predicted octanol–water partition coefficient (Wildman–Crippen LogP) is 1.70. The molecule has 0 fully saturated rings. The summed E-state index contributed by atoms with van der Waals surface area (Å²) in [5, 5.41) is 6.06. The summed E-state index contributed by atoms with van der Waals surface area (Å²) < 4.78 is 5.26. The number of hydrogen-bond donors (Lipinski definition) is 2. The van der Waals surface area contributed by atoms with Gasteiger partial charge in [-0.25, -0.2) is 0 Å². The maximum Gasteiger partial charge on any atom is 0.237 e. The highest BCUT2D eigenvalue weighted by Crippen LogP contribution is 2.16. The monoisotopic (exact) mass is 250 g/mol. The molecule has 0 spiro atoms. The van der Waals surface area contributed by atoms with Gasteiger partial charge in [0.1, 0.15) is 5.75 Å². The zero-order chi connectivity index (χ0) is 13.5. The van der Waals surface area contributed by atoms with E-state index in [0.29, 0.717) is 6.54 Å². The first-order valence-electron chi connectivity index (χ1n) is 6.20. The quantitative estimate of drug-likeness (QED) is 0.808. The fourth-order valence-electron chi connectivity index (χ4n) is 1.61. The first-order valence-corrected chi connectivity index (χ1v) is 6.20. The van der Waals surface area contributed by atoms with Crippen molar-refractivity contribution in [3.05, 3.63) is 29.8 Å². The summed E-state index contributed by atoms with van der Waals surface area (Å²) in [7, 11) is 1.65. The molecule has 1 rings (SSSR count). The van der Waals surface area contributed by atoms with Gasteiger partial charge in [0.2, 0.25) is 5.91 Å². The van der Waals surface area contributed by atoms with Gasteiger partial charge in [0.25, 0.3) is 0 Å². The van der Waals surface area contributed by atoms with Crippen LogP contribution in [0.2, 0.25) is 0 Å². The van der Waals surface area contributed by atoms with E-state index in [2.05, 4.69) is 10.6 Å². The molecule has 1 aromatic carbocycles. The summed E-state index contributed by atoms with van der Waals surface area (Å²) in [6.07, 6.45) is 0. The van der Waals surface area contributed by atoms with Crippen molar-refractivity contribution in [1.82, 2.24) is 10.6 Å². The lowest BCUT2D eigenvalue weighted by atomic mass is 10.2. The molecule has 0 saturated carbocycles. The molecule has 1 amide bonds. The van der Waals surface area contributed by atoms with Gasteiger partial charge in [0.15, 0.2) is 0 Å². The molecule has 18 heavy (non-hydrogen) atoms. The molecule has 2 N–H and O–H groups in total. The number of nitrogens with one attached hydrogen (secondary N) is 2. The minimum Gasteiger partial charge on any atom is -0.496 e. The Hall–Kier alpha value is -1.55. The van der Waals surface area contributed by atoms with E-state index in [1.165, 1.54) is 0 Å². The predicted molar refractivity (Wildman–Crippen MR) is 72.6 cm³/mol. The Morgan fingerprint density at radius 1 is 1.28 bits per heavy atom. The van der Waals surface area contributed by atoms with Crippen molar-refractivity contribution in [2.45, 2.75) is 39.4 Å². The van der Waals surface area contributed by atoms with Crippen LogP contribution in [0.25, 0.3) is 0 Å². The molecule has 100 valence electrons. The highest BCUT2D eigenvalue weighted by atomic mass is 16.5. The average molecular weight is 250 g/mol. The molecular formula is C14H22N2O2. The second-order valence-corrected chi connectivity index (χ2v) is 4.58. The fourth-order valence-corrected chi connectivity index (χ4v) is 1.61. The third-order valence-electron chi connectivity index (χ3n) is 2.62. The van der Waals surface area contributed by atoms with Crippen molar-refractivity contribution in [1.29, 1.82) is 0 Å². The number of hydrogen-bond acceptors (Lipinski definition) is 3. The van der Waals surface area contributed by atoms with Crippen LogP contribution in [0.4, 0.5) is 0 Å². The molecule has 0 aliphatic heterocycles. The lowest BCUT2D eigenvalue weighted by Gasteiger charge is -2.16. The first-order chi connectivity index (χ1) is 8.54. The molecule has 0 heterocycles. The van der Waals surface area contributed by atoms with Gasteiger partial charge in [-0.1, -0.05) is 18.2 Å². The van der Waals surface area contributed by atoms with Crippen molar-refractivity contribution in [3.8, 4) is 5.75 Å². The zero-order valence-electron chi connectivity index (χ0n) is 11.5. The molecule has 0 bridgehead atoms. The fraction of sp³-hybridized carbons (Fsp3) is 0.500. The zero-order valence-corrected chi connectivity index (χ0v) is 11.5. The number of amides is 1. The molecule has 4 heteroatoms. The van der Waals surface area contributed by atoms with E-state index in [0.717, 1.165) is 11.3 Å². The Balaban J connectivity index is 2.51. The first kappa shape index (κ1) is 14.5. The summed E-state index contributed by atoms with van der Waals surface area (Å²) in [4.78, 5) is 11.7. The second-order valence-electron chi connectivity index (χ2n) is 4.58. The van der Waals surface area contributed by atoms with E-state index >= 15 is 0 Å². The molecule has 0 aliphatic rings. The number of carbonyl (C=O) groups excluding carboxylic acids is 1.